The average molecular weight is 149 g/mol. The van der Waals surface area contributed by atoms with Crippen LogP contribution in [0.25, 0.3) is 0 Å². The molecule has 0 atom stereocenters. The van der Waals surface area contributed by atoms with E-state index in [0.717, 1.165) is 0 Å². The van der Waals surface area contributed by atoms with Gasteiger partial charge in [-0.1, -0.05) is 13.8 Å². The van der Waals surface area contributed by atoms with E-state index in [1.54, 1.807) is 0 Å². The molecule has 0 unspecified atom stereocenters. The molecule has 0 spiro atoms. The predicted octanol–water partition coefficient (Wildman–Crippen LogP) is -0.0544. The zero-order chi connectivity index (χ0) is 7.12. The number of rotatable bonds is 0. The van der Waals surface area contributed by atoms with Crippen LogP contribution in [0.3, 0.4) is 0 Å². The maximum absolute atomic E-state index is 10.7. The van der Waals surface area contributed by atoms with Crippen molar-refractivity contribution in [2.24, 2.45) is 5.41 Å². The van der Waals surface area contributed by atoms with Gasteiger partial charge in [0, 0.05) is 6.54 Å². The molecule has 0 aromatic rings. The summed E-state index contributed by atoms with van der Waals surface area (Å²) in [5.74, 6) is 0.264. The topological polar surface area (TPSA) is 46.2 Å². The first-order valence-electron chi connectivity index (χ1n) is 2.89. The molecule has 1 saturated heterocycles. The van der Waals surface area contributed by atoms with Gasteiger partial charge >= 0.3 is 0 Å². The Bertz CT molecular complexity index is 205. The lowest BCUT2D eigenvalue weighted by atomic mass is 9.98. The quantitative estimate of drug-likeness (QED) is 0.524. The van der Waals surface area contributed by atoms with Crippen LogP contribution in [0, 0.1) is 5.41 Å². The fraction of sp³-hybridized carbons (Fsp3) is 1.00. The third kappa shape index (κ3) is 1.66. The van der Waals surface area contributed by atoms with Crippen LogP contribution in [0.4, 0.5) is 0 Å². The maximum atomic E-state index is 10.7. The molecule has 1 rings (SSSR count). The van der Waals surface area contributed by atoms with Gasteiger partial charge in [0.05, 0.1) is 5.75 Å². The summed E-state index contributed by atoms with van der Waals surface area (Å²) in [6, 6.07) is 0. The Morgan fingerprint density at radius 1 is 1.44 bits per heavy atom. The molecule has 1 heterocycles. The summed E-state index contributed by atoms with van der Waals surface area (Å²) in [5.41, 5.74) is -0.0706. The predicted molar refractivity (Wildman–Crippen MR) is 35.6 cm³/mol. The van der Waals surface area contributed by atoms with Crippen molar-refractivity contribution in [2.45, 2.75) is 13.8 Å². The van der Waals surface area contributed by atoms with E-state index in [2.05, 4.69) is 4.72 Å². The van der Waals surface area contributed by atoms with Crippen LogP contribution in [0.15, 0.2) is 0 Å². The van der Waals surface area contributed by atoms with Crippen LogP contribution in [-0.2, 0) is 10.0 Å². The van der Waals surface area contributed by atoms with E-state index in [-0.39, 0.29) is 11.2 Å². The van der Waals surface area contributed by atoms with Crippen molar-refractivity contribution < 1.29 is 8.42 Å². The average Bonchev–Trinajstić information content (AvgIpc) is 1.78. The fourth-order valence-electron chi connectivity index (χ4n) is 0.922. The van der Waals surface area contributed by atoms with Gasteiger partial charge in [-0.25, -0.2) is 13.1 Å². The van der Waals surface area contributed by atoms with Crippen molar-refractivity contribution >= 4 is 10.0 Å². The van der Waals surface area contributed by atoms with Crippen molar-refractivity contribution in [1.82, 2.24) is 4.72 Å². The Morgan fingerprint density at radius 3 is 2.11 bits per heavy atom. The minimum absolute atomic E-state index is 0.0706. The van der Waals surface area contributed by atoms with Crippen molar-refractivity contribution in [2.75, 3.05) is 12.3 Å². The summed E-state index contributed by atoms with van der Waals surface area (Å²) in [7, 11) is -2.90. The Labute approximate surface area is 55.5 Å². The maximum Gasteiger partial charge on any atom is 0.212 e. The lowest BCUT2D eigenvalue weighted by Crippen LogP contribution is -2.17. The Morgan fingerprint density at radius 2 is 2.00 bits per heavy atom. The summed E-state index contributed by atoms with van der Waals surface area (Å²) >= 11 is 0. The molecule has 1 fully saturated rings. The van der Waals surface area contributed by atoms with E-state index in [9.17, 15) is 8.42 Å². The van der Waals surface area contributed by atoms with E-state index in [4.69, 9.17) is 0 Å². The van der Waals surface area contributed by atoms with E-state index >= 15 is 0 Å². The van der Waals surface area contributed by atoms with Crippen LogP contribution in [-0.4, -0.2) is 20.7 Å². The first-order valence-corrected chi connectivity index (χ1v) is 4.54. The highest BCUT2D eigenvalue weighted by Crippen LogP contribution is 2.21. The van der Waals surface area contributed by atoms with Crippen LogP contribution < -0.4 is 4.72 Å². The standard InChI is InChI=1S/C5H11NO2S/c1-5(2)3-6-9(7,8)4-5/h6H,3-4H2,1-2H3. The fourth-order valence-corrected chi connectivity index (χ4v) is 2.77. The second kappa shape index (κ2) is 1.70. The van der Waals surface area contributed by atoms with Crippen molar-refractivity contribution in [3.05, 3.63) is 0 Å². The molecular weight excluding hydrogens is 138 g/mol. The van der Waals surface area contributed by atoms with Gasteiger partial charge < -0.3 is 0 Å². The van der Waals surface area contributed by atoms with Crippen LogP contribution in [0.2, 0.25) is 0 Å². The normalized spacial score (nSPS) is 30.4. The minimum Gasteiger partial charge on any atom is -0.215 e. The molecule has 9 heavy (non-hydrogen) atoms. The molecule has 0 amide bonds. The first kappa shape index (κ1) is 7.02. The zero-order valence-corrected chi connectivity index (χ0v) is 6.46. The summed E-state index contributed by atoms with van der Waals surface area (Å²) in [6.45, 7) is 4.45. The highest BCUT2D eigenvalue weighted by atomic mass is 32.2. The molecule has 1 aliphatic rings. The van der Waals surface area contributed by atoms with Crippen LogP contribution >= 0.6 is 0 Å². The number of hydrogen-bond donors (Lipinski definition) is 1. The second-order valence-corrected chi connectivity index (χ2v) is 5.05. The van der Waals surface area contributed by atoms with E-state index in [1.807, 2.05) is 13.8 Å². The highest BCUT2D eigenvalue weighted by Gasteiger charge is 2.33. The molecule has 1 aliphatic heterocycles. The van der Waals surface area contributed by atoms with Crippen LogP contribution in [0.1, 0.15) is 13.8 Å². The molecule has 0 aromatic carbocycles. The second-order valence-electron chi connectivity index (χ2n) is 3.24. The van der Waals surface area contributed by atoms with Gasteiger partial charge in [0.15, 0.2) is 0 Å². The van der Waals surface area contributed by atoms with Crippen molar-refractivity contribution in [3.63, 3.8) is 0 Å². The van der Waals surface area contributed by atoms with Gasteiger partial charge in [0.2, 0.25) is 10.0 Å². The number of nitrogens with one attached hydrogen (secondary N) is 1. The van der Waals surface area contributed by atoms with Crippen molar-refractivity contribution in [1.29, 1.82) is 0 Å². The monoisotopic (exact) mass is 149 g/mol. The van der Waals surface area contributed by atoms with Gasteiger partial charge in [0.1, 0.15) is 0 Å². The number of sulfonamides is 1. The molecule has 0 radical (unpaired) electrons. The van der Waals surface area contributed by atoms with E-state index in [1.165, 1.54) is 0 Å². The molecule has 3 nitrogen and oxygen atoms in total. The summed E-state index contributed by atoms with van der Waals surface area (Å²) in [5, 5.41) is 0. The first-order chi connectivity index (χ1) is 3.91. The van der Waals surface area contributed by atoms with E-state index in [0.29, 0.717) is 6.54 Å². The third-order valence-corrected chi connectivity index (χ3v) is 3.10. The van der Waals surface area contributed by atoms with Gasteiger partial charge in [-0.05, 0) is 5.41 Å². The lowest BCUT2D eigenvalue weighted by Gasteiger charge is -2.10. The Hall–Kier alpha value is -0.0900. The lowest BCUT2D eigenvalue weighted by molar-refractivity contribution is 0.447. The summed E-state index contributed by atoms with van der Waals surface area (Å²) in [4.78, 5) is 0. The van der Waals surface area contributed by atoms with Crippen LogP contribution in [0.5, 0.6) is 0 Å². The van der Waals surface area contributed by atoms with Gasteiger partial charge in [-0.3, -0.25) is 0 Å². The summed E-state index contributed by atoms with van der Waals surface area (Å²) < 4.78 is 23.9. The molecule has 0 bridgehead atoms. The molecule has 0 aromatic heterocycles. The molecule has 54 valence electrons. The third-order valence-electron chi connectivity index (χ3n) is 1.35. The van der Waals surface area contributed by atoms with Gasteiger partial charge in [0.25, 0.3) is 0 Å². The molecule has 0 saturated carbocycles. The Balaban J connectivity index is 2.81. The smallest absolute Gasteiger partial charge is 0.212 e. The zero-order valence-electron chi connectivity index (χ0n) is 5.64. The summed E-state index contributed by atoms with van der Waals surface area (Å²) in [6.07, 6.45) is 0. The molecule has 4 heteroatoms. The van der Waals surface area contributed by atoms with Crippen molar-refractivity contribution in [3.8, 4) is 0 Å². The SMILES string of the molecule is CC1(C)CNS(=O)(=O)C1. The molecular formula is C5H11NO2S. The number of hydrogen-bond acceptors (Lipinski definition) is 2. The minimum atomic E-state index is -2.90. The molecule has 1 N–H and O–H groups in total. The largest absolute Gasteiger partial charge is 0.215 e. The van der Waals surface area contributed by atoms with E-state index < -0.39 is 10.0 Å². The Kier molecular flexibility index (Phi) is 1.33. The highest BCUT2D eigenvalue weighted by molar-refractivity contribution is 7.89. The van der Waals surface area contributed by atoms with Gasteiger partial charge in [-0.2, -0.15) is 0 Å². The van der Waals surface area contributed by atoms with Gasteiger partial charge in [-0.15, -0.1) is 0 Å². The molecule has 0 aliphatic carbocycles.